The molecule has 1 N–H and O–H groups in total. The van der Waals surface area contributed by atoms with Crippen LogP contribution in [0, 0.1) is 0 Å². The maximum atomic E-state index is 12.6. The molecule has 160 valence electrons. The van der Waals surface area contributed by atoms with Crippen LogP contribution in [-0.2, 0) is 4.79 Å². The summed E-state index contributed by atoms with van der Waals surface area (Å²) in [6.45, 7) is 0.499. The lowest BCUT2D eigenvalue weighted by molar-refractivity contribution is -0.117. The first kappa shape index (κ1) is 21.1. The van der Waals surface area contributed by atoms with E-state index in [0.29, 0.717) is 45.2 Å². The van der Waals surface area contributed by atoms with Gasteiger partial charge in [-0.3, -0.25) is 14.9 Å². The molecule has 0 radical (unpaired) electrons. The van der Waals surface area contributed by atoms with Crippen LogP contribution in [0.15, 0.2) is 42.5 Å². The van der Waals surface area contributed by atoms with Crippen molar-refractivity contribution in [2.24, 2.45) is 0 Å². The molecule has 3 aromatic rings. The van der Waals surface area contributed by atoms with Gasteiger partial charge in [-0.2, -0.15) is 0 Å². The zero-order valence-electron chi connectivity index (χ0n) is 16.8. The van der Waals surface area contributed by atoms with Gasteiger partial charge >= 0.3 is 0 Å². The fraction of sp³-hybridized carbons (Fsp3) is 0.238. The number of methoxy groups -OCH3 is 2. The molecular formula is C21H19ClN4O4S. The van der Waals surface area contributed by atoms with Crippen molar-refractivity contribution in [3.8, 4) is 11.5 Å². The number of hydrogen-bond acceptors (Lipinski definition) is 7. The third-order valence-electron chi connectivity index (χ3n) is 4.92. The van der Waals surface area contributed by atoms with Gasteiger partial charge in [-0.1, -0.05) is 22.9 Å². The minimum absolute atomic E-state index is 0.0124. The predicted octanol–water partition coefficient (Wildman–Crippen LogP) is 3.98. The van der Waals surface area contributed by atoms with Crippen LogP contribution in [0.4, 0.5) is 10.8 Å². The number of halogens is 1. The van der Waals surface area contributed by atoms with Crippen molar-refractivity contribution in [2.75, 3.05) is 31.0 Å². The van der Waals surface area contributed by atoms with Gasteiger partial charge in [0.15, 0.2) is 11.5 Å². The molecule has 1 fully saturated rings. The van der Waals surface area contributed by atoms with E-state index >= 15 is 0 Å². The van der Waals surface area contributed by atoms with Crippen LogP contribution in [0.3, 0.4) is 0 Å². The number of carbonyl (C=O) groups excluding carboxylic acids is 2. The lowest BCUT2D eigenvalue weighted by Gasteiger charge is -2.16. The molecule has 0 saturated carbocycles. The largest absolute Gasteiger partial charge is 0.493 e. The van der Waals surface area contributed by atoms with Crippen molar-refractivity contribution in [1.29, 1.82) is 0 Å². The highest BCUT2D eigenvalue weighted by atomic mass is 35.5. The molecule has 1 unspecified atom stereocenters. The number of aromatic nitrogens is 2. The third-order valence-corrected chi connectivity index (χ3v) is 6.17. The van der Waals surface area contributed by atoms with Gasteiger partial charge in [0.25, 0.3) is 5.91 Å². The summed E-state index contributed by atoms with van der Waals surface area (Å²) in [7, 11) is 3.04. The summed E-state index contributed by atoms with van der Waals surface area (Å²) in [6.07, 6.45) is 0.334. The van der Waals surface area contributed by atoms with Crippen LogP contribution < -0.4 is 19.7 Å². The van der Waals surface area contributed by atoms with E-state index in [9.17, 15) is 9.59 Å². The average Bonchev–Trinajstić information content (AvgIpc) is 3.40. The lowest BCUT2D eigenvalue weighted by Crippen LogP contribution is -2.24. The normalized spacial score (nSPS) is 15.8. The van der Waals surface area contributed by atoms with Crippen molar-refractivity contribution in [1.82, 2.24) is 10.2 Å². The molecule has 0 bridgehead atoms. The lowest BCUT2D eigenvalue weighted by atomic mass is 10.1. The van der Waals surface area contributed by atoms with Crippen LogP contribution in [0.5, 0.6) is 11.5 Å². The van der Waals surface area contributed by atoms with E-state index < -0.39 is 0 Å². The monoisotopic (exact) mass is 458 g/mol. The molecule has 1 atom stereocenters. The summed E-state index contributed by atoms with van der Waals surface area (Å²) in [5.74, 6) is 0.577. The Bertz CT molecular complexity index is 1120. The number of ether oxygens (including phenoxy) is 2. The molecule has 4 rings (SSSR count). The van der Waals surface area contributed by atoms with Crippen LogP contribution in [0.25, 0.3) is 0 Å². The molecule has 1 aliphatic rings. The van der Waals surface area contributed by atoms with Crippen molar-refractivity contribution in [3.05, 3.63) is 58.1 Å². The topological polar surface area (TPSA) is 93.7 Å². The Morgan fingerprint density at radius 1 is 1.13 bits per heavy atom. The molecule has 2 amide bonds. The molecule has 2 aromatic carbocycles. The minimum atomic E-state index is -0.339. The standard InChI is InChI=1S/C21H19ClN4O4S/c1-29-16-8-3-12(9-17(16)30-2)19(28)23-21-25-24-20(31-21)13-10-18(27)26(11-13)15-6-4-14(22)5-7-15/h3-9,13H,10-11H2,1-2H3,(H,23,25,28). The molecule has 0 aliphatic carbocycles. The predicted molar refractivity (Wildman–Crippen MR) is 119 cm³/mol. The Kier molecular flexibility index (Phi) is 6.06. The summed E-state index contributed by atoms with van der Waals surface area (Å²) in [5, 5.41) is 12.7. The SMILES string of the molecule is COc1ccc(C(=O)Nc2nnc(C3CC(=O)N(c4ccc(Cl)cc4)C3)s2)cc1OC. The number of nitrogens with zero attached hydrogens (tertiary/aromatic N) is 3. The van der Waals surface area contributed by atoms with Crippen LogP contribution >= 0.6 is 22.9 Å². The first-order valence-corrected chi connectivity index (χ1v) is 10.6. The molecule has 1 aromatic heterocycles. The molecular weight excluding hydrogens is 440 g/mol. The van der Waals surface area contributed by atoms with E-state index in [1.54, 1.807) is 35.2 Å². The molecule has 1 saturated heterocycles. The fourth-order valence-corrected chi connectivity index (χ4v) is 4.30. The second-order valence-corrected chi connectivity index (χ2v) is 8.30. The van der Waals surface area contributed by atoms with Crippen molar-refractivity contribution >= 4 is 45.6 Å². The molecule has 1 aliphatic heterocycles. The number of hydrogen-bond donors (Lipinski definition) is 1. The third kappa shape index (κ3) is 4.47. The first-order valence-electron chi connectivity index (χ1n) is 9.41. The van der Waals surface area contributed by atoms with Crippen LogP contribution in [-0.4, -0.2) is 42.8 Å². The molecule has 8 nitrogen and oxygen atoms in total. The van der Waals surface area contributed by atoms with E-state index in [1.165, 1.54) is 25.6 Å². The maximum Gasteiger partial charge on any atom is 0.257 e. The summed E-state index contributed by atoms with van der Waals surface area (Å²) in [6, 6.07) is 12.0. The number of carbonyl (C=O) groups is 2. The summed E-state index contributed by atoms with van der Waals surface area (Å²) >= 11 is 7.19. The highest BCUT2D eigenvalue weighted by Crippen LogP contribution is 2.35. The number of anilines is 2. The van der Waals surface area contributed by atoms with E-state index in [2.05, 4.69) is 15.5 Å². The number of benzene rings is 2. The van der Waals surface area contributed by atoms with Gasteiger partial charge in [0.1, 0.15) is 5.01 Å². The van der Waals surface area contributed by atoms with Crippen LogP contribution in [0.1, 0.15) is 27.7 Å². The second-order valence-electron chi connectivity index (χ2n) is 6.85. The van der Waals surface area contributed by atoms with Crippen LogP contribution in [0.2, 0.25) is 5.02 Å². The quantitative estimate of drug-likeness (QED) is 0.600. The molecule has 0 spiro atoms. The summed E-state index contributed by atoms with van der Waals surface area (Å²) < 4.78 is 10.4. The Labute approximate surface area is 187 Å². The Morgan fingerprint density at radius 3 is 2.58 bits per heavy atom. The minimum Gasteiger partial charge on any atom is -0.493 e. The Balaban J connectivity index is 1.44. The smallest absolute Gasteiger partial charge is 0.257 e. The fourth-order valence-electron chi connectivity index (χ4n) is 3.34. The second kappa shape index (κ2) is 8.91. The number of nitrogens with one attached hydrogen (secondary N) is 1. The zero-order chi connectivity index (χ0) is 22.0. The molecule has 31 heavy (non-hydrogen) atoms. The highest BCUT2D eigenvalue weighted by molar-refractivity contribution is 7.15. The van der Waals surface area contributed by atoms with Gasteiger partial charge < -0.3 is 14.4 Å². The van der Waals surface area contributed by atoms with Crippen molar-refractivity contribution in [3.63, 3.8) is 0 Å². The highest BCUT2D eigenvalue weighted by Gasteiger charge is 2.34. The van der Waals surface area contributed by atoms with Crippen molar-refractivity contribution in [2.45, 2.75) is 12.3 Å². The van der Waals surface area contributed by atoms with Crippen molar-refractivity contribution < 1.29 is 19.1 Å². The van der Waals surface area contributed by atoms with Gasteiger partial charge in [-0.25, -0.2) is 0 Å². The van der Waals surface area contributed by atoms with E-state index in [4.69, 9.17) is 21.1 Å². The van der Waals surface area contributed by atoms with Gasteiger partial charge in [-0.15, -0.1) is 10.2 Å². The van der Waals surface area contributed by atoms with Gasteiger partial charge in [0.2, 0.25) is 11.0 Å². The van der Waals surface area contributed by atoms with E-state index in [1.807, 2.05) is 12.1 Å². The van der Waals surface area contributed by atoms with E-state index in [-0.39, 0.29) is 17.7 Å². The summed E-state index contributed by atoms with van der Waals surface area (Å²) in [4.78, 5) is 26.8. The Hall–Kier alpha value is -3.17. The van der Waals surface area contributed by atoms with E-state index in [0.717, 1.165) is 5.69 Å². The first-order chi connectivity index (χ1) is 15.0. The maximum absolute atomic E-state index is 12.6. The zero-order valence-corrected chi connectivity index (χ0v) is 18.4. The molecule has 2 heterocycles. The molecule has 10 heteroatoms. The average molecular weight is 459 g/mol. The van der Waals surface area contributed by atoms with Gasteiger partial charge in [0, 0.05) is 35.2 Å². The van der Waals surface area contributed by atoms with Gasteiger partial charge in [0.05, 0.1) is 14.2 Å². The Morgan fingerprint density at radius 2 is 1.87 bits per heavy atom. The summed E-state index contributed by atoms with van der Waals surface area (Å²) in [5.41, 5.74) is 1.20. The number of amides is 2. The van der Waals surface area contributed by atoms with Gasteiger partial charge in [-0.05, 0) is 42.5 Å². The number of rotatable bonds is 6.